The van der Waals surface area contributed by atoms with E-state index in [0.29, 0.717) is 23.1 Å². The lowest BCUT2D eigenvalue weighted by atomic mass is 9.99. The molecular weight excluding hydrogens is 268 g/mol. The van der Waals surface area contributed by atoms with Gasteiger partial charge in [0.2, 0.25) is 0 Å². The van der Waals surface area contributed by atoms with Gasteiger partial charge in [-0.3, -0.25) is 0 Å². The van der Waals surface area contributed by atoms with E-state index in [-0.39, 0.29) is 6.10 Å². The molecule has 1 aromatic heterocycles. The Balaban J connectivity index is 1.87. The zero-order valence-electron chi connectivity index (χ0n) is 12.1. The highest BCUT2D eigenvalue weighted by atomic mass is 16.5. The van der Waals surface area contributed by atoms with Crippen molar-refractivity contribution in [2.24, 2.45) is 5.92 Å². The van der Waals surface area contributed by atoms with E-state index in [4.69, 9.17) is 16.2 Å². The minimum Gasteiger partial charge on any atom is -0.399 e. The number of aromatic nitrogens is 4. The second kappa shape index (κ2) is 5.69. The predicted molar refractivity (Wildman–Crippen MR) is 80.2 cm³/mol. The SMILES string of the molecule is CCC1OCCC1Cn1nnnc1-c1cc(N)cc(N)c1. The highest BCUT2D eigenvalue weighted by Crippen LogP contribution is 2.27. The summed E-state index contributed by atoms with van der Waals surface area (Å²) >= 11 is 0. The lowest BCUT2D eigenvalue weighted by Crippen LogP contribution is -2.21. The Hall–Kier alpha value is -2.15. The van der Waals surface area contributed by atoms with Gasteiger partial charge in [-0.2, -0.15) is 0 Å². The molecule has 7 heteroatoms. The van der Waals surface area contributed by atoms with Crippen LogP contribution < -0.4 is 11.5 Å². The molecule has 21 heavy (non-hydrogen) atoms. The van der Waals surface area contributed by atoms with Gasteiger partial charge in [-0.1, -0.05) is 6.92 Å². The highest BCUT2D eigenvalue weighted by molar-refractivity contribution is 5.67. The van der Waals surface area contributed by atoms with Crippen LogP contribution in [0.1, 0.15) is 19.8 Å². The Morgan fingerprint density at radius 1 is 1.29 bits per heavy atom. The van der Waals surface area contributed by atoms with Crippen molar-refractivity contribution in [2.75, 3.05) is 18.1 Å². The number of hydrogen-bond acceptors (Lipinski definition) is 6. The molecule has 0 radical (unpaired) electrons. The first-order chi connectivity index (χ1) is 10.2. The van der Waals surface area contributed by atoms with Crippen LogP contribution in [0.4, 0.5) is 11.4 Å². The number of tetrazole rings is 1. The van der Waals surface area contributed by atoms with E-state index in [1.54, 1.807) is 6.07 Å². The molecule has 1 fully saturated rings. The average Bonchev–Trinajstić information content (AvgIpc) is 3.07. The topological polar surface area (TPSA) is 105 Å². The van der Waals surface area contributed by atoms with E-state index in [2.05, 4.69) is 22.4 Å². The van der Waals surface area contributed by atoms with Crippen LogP contribution in [0.3, 0.4) is 0 Å². The van der Waals surface area contributed by atoms with Crippen LogP contribution in [0.2, 0.25) is 0 Å². The summed E-state index contributed by atoms with van der Waals surface area (Å²) in [5, 5.41) is 12.0. The minimum atomic E-state index is 0.285. The van der Waals surface area contributed by atoms with Crippen LogP contribution >= 0.6 is 0 Å². The predicted octanol–water partition coefficient (Wildman–Crippen LogP) is 1.32. The zero-order chi connectivity index (χ0) is 14.8. The summed E-state index contributed by atoms with van der Waals surface area (Å²) < 4.78 is 7.54. The molecule has 2 unspecified atom stereocenters. The number of anilines is 2. The zero-order valence-corrected chi connectivity index (χ0v) is 12.1. The Morgan fingerprint density at radius 2 is 2.05 bits per heavy atom. The van der Waals surface area contributed by atoms with E-state index >= 15 is 0 Å². The molecule has 1 aliphatic heterocycles. The number of hydrogen-bond donors (Lipinski definition) is 2. The fraction of sp³-hybridized carbons (Fsp3) is 0.500. The normalized spacial score (nSPS) is 21.8. The molecule has 0 saturated carbocycles. The molecule has 1 aromatic carbocycles. The Kier molecular flexibility index (Phi) is 3.74. The van der Waals surface area contributed by atoms with Crippen LogP contribution in [0.15, 0.2) is 18.2 Å². The van der Waals surface area contributed by atoms with Crippen molar-refractivity contribution in [3.8, 4) is 11.4 Å². The summed E-state index contributed by atoms with van der Waals surface area (Å²) in [6.45, 7) is 3.70. The fourth-order valence-corrected chi connectivity index (χ4v) is 2.91. The first-order valence-corrected chi connectivity index (χ1v) is 7.21. The fourth-order valence-electron chi connectivity index (χ4n) is 2.91. The van der Waals surface area contributed by atoms with Crippen LogP contribution in [-0.2, 0) is 11.3 Å². The third-order valence-electron chi connectivity index (χ3n) is 3.92. The summed E-state index contributed by atoms with van der Waals surface area (Å²) in [6, 6.07) is 5.39. The monoisotopic (exact) mass is 288 g/mol. The van der Waals surface area contributed by atoms with Crippen molar-refractivity contribution >= 4 is 11.4 Å². The molecule has 3 rings (SSSR count). The molecule has 112 valence electrons. The van der Waals surface area contributed by atoms with Crippen molar-refractivity contribution in [1.29, 1.82) is 0 Å². The maximum Gasteiger partial charge on any atom is 0.182 e. The molecule has 0 spiro atoms. The third-order valence-corrected chi connectivity index (χ3v) is 3.92. The molecule has 1 saturated heterocycles. The molecule has 1 aliphatic rings. The summed E-state index contributed by atoms with van der Waals surface area (Å²) in [5.74, 6) is 1.13. The number of nitrogens with two attached hydrogens (primary N) is 2. The molecule has 0 bridgehead atoms. The van der Waals surface area contributed by atoms with Crippen molar-refractivity contribution < 1.29 is 4.74 Å². The van der Waals surface area contributed by atoms with Gasteiger partial charge in [0.1, 0.15) is 0 Å². The number of nitrogen functional groups attached to an aromatic ring is 2. The largest absolute Gasteiger partial charge is 0.399 e. The standard InChI is InChI=1S/C14H20N6O/c1-2-13-9(3-4-21-13)8-20-14(17-18-19-20)10-5-11(15)7-12(16)6-10/h5-7,9,13H,2-4,8,15-16H2,1H3. The molecule has 4 N–H and O–H groups in total. The summed E-state index contributed by atoms with van der Waals surface area (Å²) in [6.07, 6.45) is 2.33. The van der Waals surface area contributed by atoms with Crippen molar-refractivity contribution in [2.45, 2.75) is 32.4 Å². The van der Waals surface area contributed by atoms with Gasteiger partial charge in [0.05, 0.1) is 12.6 Å². The van der Waals surface area contributed by atoms with Gasteiger partial charge >= 0.3 is 0 Å². The van der Waals surface area contributed by atoms with E-state index in [1.165, 1.54) is 0 Å². The molecule has 0 amide bonds. The van der Waals surface area contributed by atoms with Gasteiger partial charge in [0.25, 0.3) is 0 Å². The first kappa shape index (κ1) is 13.8. The molecule has 2 heterocycles. The highest BCUT2D eigenvalue weighted by Gasteiger charge is 2.28. The second-order valence-corrected chi connectivity index (χ2v) is 5.44. The molecule has 7 nitrogen and oxygen atoms in total. The molecule has 2 atom stereocenters. The van der Waals surface area contributed by atoms with E-state index in [9.17, 15) is 0 Å². The first-order valence-electron chi connectivity index (χ1n) is 7.21. The van der Waals surface area contributed by atoms with Gasteiger partial charge in [-0.05, 0) is 41.5 Å². The average molecular weight is 288 g/mol. The molecule has 2 aromatic rings. The summed E-state index contributed by atoms with van der Waals surface area (Å²) in [7, 11) is 0. The summed E-state index contributed by atoms with van der Waals surface area (Å²) in [5.41, 5.74) is 13.7. The lowest BCUT2D eigenvalue weighted by Gasteiger charge is -2.17. The smallest absolute Gasteiger partial charge is 0.182 e. The van der Waals surface area contributed by atoms with Crippen LogP contribution in [0.25, 0.3) is 11.4 Å². The van der Waals surface area contributed by atoms with Crippen molar-refractivity contribution in [3.05, 3.63) is 18.2 Å². The van der Waals surface area contributed by atoms with E-state index in [0.717, 1.165) is 31.6 Å². The quantitative estimate of drug-likeness (QED) is 0.822. The summed E-state index contributed by atoms with van der Waals surface area (Å²) in [4.78, 5) is 0. The number of nitrogens with zero attached hydrogens (tertiary/aromatic N) is 4. The van der Waals surface area contributed by atoms with Gasteiger partial charge in [-0.25, -0.2) is 4.68 Å². The van der Waals surface area contributed by atoms with Gasteiger partial charge in [0.15, 0.2) is 5.82 Å². The number of benzene rings is 1. The molecule has 0 aliphatic carbocycles. The maximum atomic E-state index is 5.84. The Labute approximate surface area is 123 Å². The Bertz CT molecular complexity index is 605. The number of rotatable bonds is 4. The van der Waals surface area contributed by atoms with E-state index in [1.807, 2.05) is 16.8 Å². The lowest BCUT2D eigenvalue weighted by molar-refractivity contribution is 0.0825. The van der Waals surface area contributed by atoms with Gasteiger partial charge < -0.3 is 16.2 Å². The van der Waals surface area contributed by atoms with Crippen LogP contribution in [0, 0.1) is 5.92 Å². The van der Waals surface area contributed by atoms with E-state index < -0.39 is 0 Å². The van der Waals surface area contributed by atoms with Crippen LogP contribution in [-0.4, -0.2) is 32.9 Å². The van der Waals surface area contributed by atoms with Gasteiger partial charge in [0, 0.05) is 29.5 Å². The van der Waals surface area contributed by atoms with Crippen LogP contribution in [0.5, 0.6) is 0 Å². The second-order valence-electron chi connectivity index (χ2n) is 5.44. The van der Waals surface area contributed by atoms with Crippen molar-refractivity contribution in [1.82, 2.24) is 20.2 Å². The number of ether oxygens (including phenoxy) is 1. The minimum absolute atomic E-state index is 0.285. The third kappa shape index (κ3) is 2.82. The molecular formula is C14H20N6O. The van der Waals surface area contributed by atoms with Crippen molar-refractivity contribution in [3.63, 3.8) is 0 Å². The van der Waals surface area contributed by atoms with Gasteiger partial charge in [-0.15, -0.1) is 5.10 Å². The Morgan fingerprint density at radius 3 is 2.76 bits per heavy atom. The maximum absolute atomic E-state index is 5.84.